The van der Waals surface area contributed by atoms with Gasteiger partial charge in [0.25, 0.3) is 10.2 Å². The molecule has 0 radical (unpaired) electrons. The predicted octanol–water partition coefficient (Wildman–Crippen LogP) is 2.97. The van der Waals surface area contributed by atoms with Crippen LogP contribution in [0.3, 0.4) is 0 Å². The molecule has 2 aromatic carbocycles. The number of fused-ring (bicyclic) bond motifs is 2. The van der Waals surface area contributed by atoms with Gasteiger partial charge in [-0.05, 0) is 36.2 Å². The van der Waals surface area contributed by atoms with Crippen molar-refractivity contribution in [3.8, 4) is 6.07 Å². The van der Waals surface area contributed by atoms with Crippen LogP contribution < -0.4 is 4.90 Å². The molecule has 10 heteroatoms. The van der Waals surface area contributed by atoms with Gasteiger partial charge in [0.15, 0.2) is 5.13 Å². The molecular weight excluding hydrogens is 458 g/mol. The van der Waals surface area contributed by atoms with Gasteiger partial charge in [-0.2, -0.15) is 22.3 Å². The minimum absolute atomic E-state index is 0.0895. The highest BCUT2D eigenvalue weighted by Crippen LogP contribution is 2.43. The molecule has 5 rings (SSSR count). The van der Waals surface area contributed by atoms with Crippen LogP contribution in [0.15, 0.2) is 48.5 Å². The Morgan fingerprint density at radius 1 is 1.24 bits per heavy atom. The summed E-state index contributed by atoms with van der Waals surface area (Å²) in [6, 6.07) is 16.1. The predicted molar refractivity (Wildman–Crippen MR) is 127 cm³/mol. The topological polar surface area (TPSA) is 97.6 Å². The Bertz CT molecular complexity index is 1350. The molecular formula is C23H23N5O3S2. The van der Waals surface area contributed by atoms with Crippen molar-refractivity contribution < 1.29 is 13.2 Å². The largest absolute Gasteiger partial charge is 0.283 e. The fraction of sp³-hybridized carbons (Fsp3) is 0.348. The van der Waals surface area contributed by atoms with Crippen LogP contribution in [0, 0.1) is 17.2 Å². The molecule has 2 fully saturated rings. The number of rotatable bonds is 5. The summed E-state index contributed by atoms with van der Waals surface area (Å²) in [4.78, 5) is 19.6. The van der Waals surface area contributed by atoms with E-state index < -0.39 is 22.2 Å². The summed E-state index contributed by atoms with van der Waals surface area (Å²) in [5.41, 5.74) is 2.06. The van der Waals surface area contributed by atoms with E-state index in [4.69, 9.17) is 5.26 Å². The highest BCUT2D eigenvalue weighted by atomic mass is 32.2. The first-order valence-electron chi connectivity index (χ1n) is 10.7. The molecule has 2 saturated heterocycles. The number of aromatic nitrogens is 1. The number of nitrogens with zero attached hydrogens (tertiary/aromatic N) is 5. The number of carbonyl (C=O) groups excluding carboxylic acids is 1. The van der Waals surface area contributed by atoms with Crippen molar-refractivity contribution in [2.75, 3.05) is 18.5 Å². The highest BCUT2D eigenvalue weighted by molar-refractivity contribution is 7.86. The SMILES string of the molecule is C[C@@H]1C(=O)N(c2nc3ccccc3s2)[C@H]2CCN(S(=O)(=O)N(C)Cc3cccc(C#N)c3)[C@H]12. The lowest BCUT2D eigenvalue weighted by Crippen LogP contribution is -2.47. The monoisotopic (exact) mass is 481 g/mol. The van der Waals surface area contributed by atoms with E-state index in [0.29, 0.717) is 23.7 Å². The number of thiazole rings is 1. The molecule has 0 N–H and O–H groups in total. The summed E-state index contributed by atoms with van der Waals surface area (Å²) in [5, 5.41) is 9.75. The second kappa shape index (κ2) is 8.18. The van der Waals surface area contributed by atoms with Gasteiger partial charge in [0.2, 0.25) is 5.91 Å². The first kappa shape index (κ1) is 22.0. The lowest BCUT2D eigenvalue weighted by molar-refractivity contribution is -0.120. The molecule has 3 heterocycles. The number of anilines is 1. The molecule has 2 aliphatic heterocycles. The van der Waals surface area contributed by atoms with Crippen molar-refractivity contribution in [1.82, 2.24) is 13.6 Å². The Hall–Kier alpha value is -2.84. The van der Waals surface area contributed by atoms with Gasteiger partial charge < -0.3 is 0 Å². The number of para-hydroxylation sites is 1. The second-order valence-corrected chi connectivity index (χ2v) is 11.5. The van der Waals surface area contributed by atoms with Crippen LogP contribution in [-0.4, -0.2) is 53.6 Å². The summed E-state index contributed by atoms with van der Waals surface area (Å²) >= 11 is 1.46. The van der Waals surface area contributed by atoms with E-state index in [2.05, 4.69) is 11.1 Å². The number of hydrogen-bond acceptors (Lipinski definition) is 6. The summed E-state index contributed by atoms with van der Waals surface area (Å²) in [6.45, 7) is 2.30. The molecule has 0 saturated carbocycles. The second-order valence-electron chi connectivity index (χ2n) is 8.49. The summed E-state index contributed by atoms with van der Waals surface area (Å²) in [7, 11) is -2.27. The van der Waals surface area contributed by atoms with Crippen molar-refractivity contribution in [2.24, 2.45) is 5.92 Å². The van der Waals surface area contributed by atoms with Crippen molar-refractivity contribution in [2.45, 2.75) is 32.0 Å². The van der Waals surface area contributed by atoms with Crippen LogP contribution in [-0.2, 0) is 21.5 Å². The van der Waals surface area contributed by atoms with Gasteiger partial charge in [0.1, 0.15) is 0 Å². The van der Waals surface area contributed by atoms with E-state index in [-0.39, 0.29) is 18.5 Å². The summed E-state index contributed by atoms with van der Waals surface area (Å²) in [5.74, 6) is -0.553. The Morgan fingerprint density at radius 2 is 2.03 bits per heavy atom. The average molecular weight is 482 g/mol. The Labute approximate surface area is 196 Å². The molecule has 0 aliphatic carbocycles. The molecule has 0 spiro atoms. The van der Waals surface area contributed by atoms with Crippen LogP contribution in [0.5, 0.6) is 0 Å². The molecule has 170 valence electrons. The molecule has 0 bridgehead atoms. The number of carbonyl (C=O) groups is 1. The zero-order valence-corrected chi connectivity index (χ0v) is 19.9. The van der Waals surface area contributed by atoms with Crippen molar-refractivity contribution in [3.63, 3.8) is 0 Å². The average Bonchev–Trinajstić information content (AvgIpc) is 3.49. The minimum atomic E-state index is -3.81. The highest BCUT2D eigenvalue weighted by Gasteiger charge is 2.56. The van der Waals surface area contributed by atoms with Crippen LogP contribution in [0.25, 0.3) is 10.2 Å². The zero-order valence-electron chi connectivity index (χ0n) is 18.2. The van der Waals surface area contributed by atoms with Gasteiger partial charge in [-0.1, -0.05) is 42.5 Å². The molecule has 1 aromatic heterocycles. The fourth-order valence-corrected chi connectivity index (χ4v) is 7.56. The molecule has 3 aromatic rings. The Balaban J connectivity index is 1.41. The van der Waals surface area contributed by atoms with Gasteiger partial charge in [0, 0.05) is 20.1 Å². The van der Waals surface area contributed by atoms with Gasteiger partial charge in [-0.15, -0.1) is 0 Å². The van der Waals surface area contributed by atoms with Crippen molar-refractivity contribution in [3.05, 3.63) is 59.7 Å². The lowest BCUT2D eigenvalue weighted by Gasteiger charge is -2.29. The normalized spacial score (nSPS) is 23.4. The lowest BCUT2D eigenvalue weighted by atomic mass is 10.0. The molecule has 3 atom stereocenters. The summed E-state index contributed by atoms with van der Waals surface area (Å²) < 4.78 is 30.8. The van der Waals surface area contributed by atoms with E-state index in [1.165, 1.54) is 27.0 Å². The van der Waals surface area contributed by atoms with Gasteiger partial charge in [-0.3, -0.25) is 9.69 Å². The third kappa shape index (κ3) is 3.61. The van der Waals surface area contributed by atoms with Crippen LogP contribution in [0.2, 0.25) is 0 Å². The van der Waals surface area contributed by atoms with E-state index in [1.807, 2.05) is 24.3 Å². The van der Waals surface area contributed by atoms with E-state index in [0.717, 1.165) is 15.8 Å². The number of amides is 1. The number of nitriles is 1. The molecule has 2 aliphatic rings. The standard InChI is InChI=1S/C23H23N5O3S2/c1-15-21-19(28(22(15)29)23-25-18-8-3-4-9-20(18)32-23)10-11-27(21)33(30,31)26(2)14-17-7-5-6-16(12-17)13-24/h3-9,12,15,19,21H,10-11,14H2,1-2H3/t15-,19-,21+/m0/s1. The summed E-state index contributed by atoms with van der Waals surface area (Å²) in [6.07, 6.45) is 0.563. The third-order valence-electron chi connectivity index (χ3n) is 6.48. The molecule has 1 amide bonds. The van der Waals surface area contributed by atoms with Crippen molar-refractivity contribution in [1.29, 1.82) is 5.26 Å². The minimum Gasteiger partial charge on any atom is -0.283 e. The molecule has 0 unspecified atom stereocenters. The van der Waals surface area contributed by atoms with E-state index in [1.54, 1.807) is 36.1 Å². The van der Waals surface area contributed by atoms with Crippen molar-refractivity contribution >= 4 is 42.8 Å². The smallest absolute Gasteiger partial charge is 0.282 e. The van der Waals surface area contributed by atoms with Crippen LogP contribution in [0.1, 0.15) is 24.5 Å². The van der Waals surface area contributed by atoms with Gasteiger partial charge >= 0.3 is 0 Å². The number of benzene rings is 2. The van der Waals surface area contributed by atoms with Crippen LogP contribution in [0.4, 0.5) is 5.13 Å². The molecule has 33 heavy (non-hydrogen) atoms. The first-order valence-corrected chi connectivity index (χ1v) is 12.9. The van der Waals surface area contributed by atoms with Gasteiger partial charge in [-0.25, -0.2) is 4.98 Å². The van der Waals surface area contributed by atoms with Gasteiger partial charge in [0.05, 0.1) is 39.9 Å². The van der Waals surface area contributed by atoms with E-state index >= 15 is 0 Å². The number of hydrogen-bond donors (Lipinski definition) is 0. The maximum absolute atomic E-state index is 13.5. The quantitative estimate of drug-likeness (QED) is 0.558. The first-order chi connectivity index (χ1) is 15.8. The maximum atomic E-state index is 13.5. The zero-order chi connectivity index (χ0) is 23.3. The maximum Gasteiger partial charge on any atom is 0.282 e. The molecule has 8 nitrogen and oxygen atoms in total. The van der Waals surface area contributed by atoms with E-state index in [9.17, 15) is 13.2 Å². The van der Waals surface area contributed by atoms with Crippen LogP contribution >= 0.6 is 11.3 Å². The third-order valence-corrected chi connectivity index (χ3v) is 9.45. The Morgan fingerprint density at radius 3 is 2.79 bits per heavy atom. The fourth-order valence-electron chi connectivity index (χ4n) is 4.89. The Kier molecular flexibility index (Phi) is 5.45.